The van der Waals surface area contributed by atoms with Gasteiger partial charge in [-0.25, -0.2) is 0 Å². The fourth-order valence-corrected chi connectivity index (χ4v) is 5.11. The van der Waals surface area contributed by atoms with Crippen LogP contribution < -0.4 is 0 Å². The Bertz CT molecular complexity index is 652. The van der Waals surface area contributed by atoms with Crippen LogP contribution in [0.5, 0.6) is 0 Å². The third-order valence-electron chi connectivity index (χ3n) is 8.01. The maximum absolute atomic E-state index is 12.1. The summed E-state index contributed by atoms with van der Waals surface area (Å²) < 4.78 is 10.5. The summed E-state index contributed by atoms with van der Waals surface area (Å²) in [7, 11) is 0. The molecule has 7 nitrogen and oxygen atoms in total. The average molecular weight is 613 g/mol. The van der Waals surface area contributed by atoms with Gasteiger partial charge < -0.3 is 24.8 Å². The molecule has 0 amide bonds. The predicted molar refractivity (Wildman–Crippen MR) is 176 cm³/mol. The molecule has 0 aromatic heterocycles. The lowest BCUT2D eigenvalue weighted by atomic mass is 10.0. The summed E-state index contributed by atoms with van der Waals surface area (Å²) in [6, 6.07) is 0. The quantitative estimate of drug-likeness (QED) is 0.0396. The SMILES string of the molecule is CCCCC/C=C\C[C@@H](O)[C@H](O)CCCCCCCC(=O)OC[C@H](CO)OC(=O)CCCCCCCCCCCCCC. The molecule has 0 aromatic rings. The molecule has 0 aliphatic rings. The monoisotopic (exact) mass is 612 g/mol. The molecule has 0 spiro atoms. The molecule has 254 valence electrons. The Kier molecular flexibility index (Phi) is 30.9. The second kappa shape index (κ2) is 32.0. The topological polar surface area (TPSA) is 113 Å². The Morgan fingerprint density at radius 2 is 1.09 bits per heavy atom. The fraction of sp³-hybridized carbons (Fsp3) is 0.889. The molecule has 7 heteroatoms. The molecule has 3 atom stereocenters. The van der Waals surface area contributed by atoms with Gasteiger partial charge in [-0.15, -0.1) is 0 Å². The molecule has 0 fully saturated rings. The number of unbranched alkanes of at least 4 members (excludes halogenated alkanes) is 18. The van der Waals surface area contributed by atoms with Crippen LogP contribution in [0.15, 0.2) is 12.2 Å². The number of allylic oxidation sites excluding steroid dienone is 1. The number of esters is 2. The Balaban J connectivity index is 3.70. The van der Waals surface area contributed by atoms with E-state index >= 15 is 0 Å². The second-order valence-corrected chi connectivity index (χ2v) is 12.3. The van der Waals surface area contributed by atoms with Crippen LogP contribution in [0.25, 0.3) is 0 Å². The zero-order chi connectivity index (χ0) is 31.8. The molecular formula is C36H68O7. The molecule has 43 heavy (non-hydrogen) atoms. The Morgan fingerprint density at radius 1 is 0.605 bits per heavy atom. The van der Waals surface area contributed by atoms with Crippen molar-refractivity contribution in [1.29, 1.82) is 0 Å². The Hall–Kier alpha value is -1.44. The minimum Gasteiger partial charge on any atom is -0.462 e. The van der Waals surface area contributed by atoms with Crippen molar-refractivity contribution in [2.75, 3.05) is 13.2 Å². The molecule has 0 aliphatic carbocycles. The van der Waals surface area contributed by atoms with Gasteiger partial charge >= 0.3 is 11.9 Å². The second-order valence-electron chi connectivity index (χ2n) is 12.3. The summed E-state index contributed by atoms with van der Waals surface area (Å²) in [5.74, 6) is -0.699. The van der Waals surface area contributed by atoms with Gasteiger partial charge in [0.05, 0.1) is 18.8 Å². The summed E-state index contributed by atoms with van der Waals surface area (Å²) >= 11 is 0. The number of ether oxygens (including phenoxy) is 2. The normalized spacial score (nSPS) is 13.7. The highest BCUT2D eigenvalue weighted by atomic mass is 16.6. The third-order valence-corrected chi connectivity index (χ3v) is 8.01. The predicted octanol–water partition coefficient (Wildman–Crippen LogP) is 8.50. The van der Waals surface area contributed by atoms with E-state index in [4.69, 9.17) is 9.47 Å². The largest absolute Gasteiger partial charge is 0.462 e. The Morgan fingerprint density at radius 3 is 1.65 bits per heavy atom. The molecular weight excluding hydrogens is 544 g/mol. The highest BCUT2D eigenvalue weighted by Crippen LogP contribution is 2.14. The summed E-state index contributed by atoms with van der Waals surface area (Å²) in [5.41, 5.74) is 0. The van der Waals surface area contributed by atoms with Crippen LogP contribution in [0.3, 0.4) is 0 Å². The van der Waals surface area contributed by atoms with Crippen LogP contribution in [0.2, 0.25) is 0 Å². The lowest BCUT2D eigenvalue weighted by Gasteiger charge is -2.16. The first-order chi connectivity index (χ1) is 20.9. The number of carbonyl (C=O) groups excluding carboxylic acids is 2. The highest BCUT2D eigenvalue weighted by Gasteiger charge is 2.16. The van der Waals surface area contributed by atoms with Crippen molar-refractivity contribution < 1.29 is 34.4 Å². The van der Waals surface area contributed by atoms with Crippen LogP contribution in [-0.2, 0) is 19.1 Å². The van der Waals surface area contributed by atoms with E-state index < -0.39 is 18.3 Å². The minimum atomic E-state index is -0.813. The molecule has 0 aromatic carbocycles. The summed E-state index contributed by atoms with van der Waals surface area (Å²) in [5, 5.41) is 29.7. The number of carbonyl (C=O) groups is 2. The van der Waals surface area contributed by atoms with E-state index in [9.17, 15) is 24.9 Å². The van der Waals surface area contributed by atoms with E-state index in [1.807, 2.05) is 6.08 Å². The zero-order valence-corrected chi connectivity index (χ0v) is 28.0. The molecule has 0 unspecified atom stereocenters. The highest BCUT2D eigenvalue weighted by molar-refractivity contribution is 5.70. The third kappa shape index (κ3) is 29.1. The summed E-state index contributed by atoms with van der Waals surface area (Å²) in [4.78, 5) is 24.1. The fourth-order valence-electron chi connectivity index (χ4n) is 5.11. The van der Waals surface area contributed by atoms with Gasteiger partial charge in [-0.05, 0) is 38.5 Å². The lowest BCUT2D eigenvalue weighted by Crippen LogP contribution is -2.28. The number of aliphatic hydroxyl groups excluding tert-OH is 3. The summed E-state index contributed by atoms with van der Waals surface area (Å²) in [6.45, 7) is 3.94. The molecule has 0 heterocycles. The van der Waals surface area contributed by atoms with E-state index in [0.29, 0.717) is 25.7 Å². The van der Waals surface area contributed by atoms with Crippen molar-refractivity contribution in [2.24, 2.45) is 0 Å². The van der Waals surface area contributed by atoms with Crippen molar-refractivity contribution in [3.8, 4) is 0 Å². The molecule has 3 N–H and O–H groups in total. The van der Waals surface area contributed by atoms with Crippen molar-refractivity contribution in [2.45, 2.75) is 193 Å². The van der Waals surface area contributed by atoms with E-state index in [1.165, 1.54) is 77.0 Å². The Labute approximate surface area is 264 Å². The van der Waals surface area contributed by atoms with E-state index in [-0.39, 0.29) is 31.6 Å². The number of rotatable bonds is 32. The van der Waals surface area contributed by atoms with Gasteiger partial charge in [-0.3, -0.25) is 9.59 Å². The van der Waals surface area contributed by atoms with Crippen LogP contribution >= 0.6 is 0 Å². The smallest absolute Gasteiger partial charge is 0.306 e. The van der Waals surface area contributed by atoms with E-state index in [0.717, 1.165) is 51.4 Å². The first-order valence-corrected chi connectivity index (χ1v) is 17.9. The maximum atomic E-state index is 12.1. The van der Waals surface area contributed by atoms with Gasteiger partial charge in [0, 0.05) is 12.8 Å². The van der Waals surface area contributed by atoms with Crippen LogP contribution in [0.4, 0.5) is 0 Å². The van der Waals surface area contributed by atoms with Crippen LogP contribution in [-0.4, -0.2) is 58.8 Å². The lowest BCUT2D eigenvalue weighted by molar-refractivity contribution is -0.161. The molecule has 0 radical (unpaired) electrons. The van der Waals surface area contributed by atoms with Crippen molar-refractivity contribution in [3.05, 3.63) is 12.2 Å². The van der Waals surface area contributed by atoms with Crippen molar-refractivity contribution in [3.63, 3.8) is 0 Å². The van der Waals surface area contributed by atoms with E-state index in [2.05, 4.69) is 19.9 Å². The maximum Gasteiger partial charge on any atom is 0.306 e. The van der Waals surface area contributed by atoms with Gasteiger partial charge in [0.2, 0.25) is 0 Å². The summed E-state index contributed by atoms with van der Waals surface area (Å²) in [6.07, 6.45) is 27.2. The zero-order valence-electron chi connectivity index (χ0n) is 28.0. The van der Waals surface area contributed by atoms with Crippen LogP contribution in [0, 0.1) is 0 Å². The van der Waals surface area contributed by atoms with Crippen molar-refractivity contribution in [1.82, 2.24) is 0 Å². The first-order valence-electron chi connectivity index (χ1n) is 17.9. The number of hydrogen-bond donors (Lipinski definition) is 3. The van der Waals surface area contributed by atoms with E-state index in [1.54, 1.807) is 0 Å². The molecule has 0 aliphatic heterocycles. The van der Waals surface area contributed by atoms with Gasteiger partial charge in [0.25, 0.3) is 0 Å². The molecule has 0 saturated heterocycles. The van der Waals surface area contributed by atoms with Crippen LogP contribution in [0.1, 0.15) is 174 Å². The molecule has 0 rings (SSSR count). The molecule has 0 saturated carbocycles. The first kappa shape index (κ1) is 41.6. The van der Waals surface area contributed by atoms with Gasteiger partial charge in [0.1, 0.15) is 6.61 Å². The van der Waals surface area contributed by atoms with Gasteiger partial charge in [0.15, 0.2) is 6.10 Å². The van der Waals surface area contributed by atoms with Gasteiger partial charge in [-0.1, -0.05) is 135 Å². The molecule has 0 bridgehead atoms. The minimum absolute atomic E-state index is 0.117. The number of aliphatic hydroxyl groups is 3. The van der Waals surface area contributed by atoms with Gasteiger partial charge in [-0.2, -0.15) is 0 Å². The standard InChI is InChI=1S/C36H68O7/c1-3-5-7-9-11-12-13-14-15-16-20-25-29-36(41)43-32(30-37)31-42-35(40)28-24-21-17-19-23-27-34(39)33(38)26-22-18-10-8-6-4-2/h18,22,32-34,37-39H,3-17,19-21,23-31H2,1-2H3/b22-18-/t32-,33+,34+/m0/s1. The number of hydrogen-bond acceptors (Lipinski definition) is 7. The average Bonchev–Trinajstić information content (AvgIpc) is 3.00. The van der Waals surface area contributed by atoms with Crippen molar-refractivity contribution >= 4 is 11.9 Å².